The van der Waals surface area contributed by atoms with E-state index in [0.717, 1.165) is 19.1 Å². The zero-order chi connectivity index (χ0) is 17.3. The van der Waals surface area contributed by atoms with Gasteiger partial charge in [-0.3, -0.25) is 4.18 Å². The summed E-state index contributed by atoms with van der Waals surface area (Å²) in [5.41, 5.74) is 0.837. The molecule has 0 heterocycles. The van der Waals surface area contributed by atoms with Crippen molar-refractivity contribution < 1.29 is 26.9 Å². The first-order valence-electron chi connectivity index (χ1n) is 7.19. The van der Waals surface area contributed by atoms with Crippen molar-refractivity contribution in [1.29, 1.82) is 0 Å². The van der Waals surface area contributed by atoms with Crippen LogP contribution in [0, 0.1) is 0 Å². The van der Waals surface area contributed by atoms with Gasteiger partial charge in [0.1, 0.15) is 5.75 Å². The van der Waals surface area contributed by atoms with Gasteiger partial charge in [-0.1, -0.05) is 24.8 Å². The Balaban J connectivity index is 2.41. The summed E-state index contributed by atoms with van der Waals surface area (Å²) in [4.78, 5) is 11.6. The number of hydrogen-bond acceptors (Lipinski definition) is 6. The molecule has 0 fully saturated rings. The molecule has 128 valence electrons. The van der Waals surface area contributed by atoms with Crippen molar-refractivity contribution in [3.8, 4) is 5.75 Å². The van der Waals surface area contributed by atoms with Crippen LogP contribution in [0.5, 0.6) is 5.75 Å². The molecule has 0 aliphatic rings. The first kappa shape index (κ1) is 19.2. The van der Waals surface area contributed by atoms with Crippen molar-refractivity contribution in [2.75, 3.05) is 26.6 Å². The van der Waals surface area contributed by atoms with Crippen molar-refractivity contribution in [3.63, 3.8) is 0 Å². The molecule has 0 bridgehead atoms. The molecule has 1 aromatic carbocycles. The second-order valence-corrected chi connectivity index (χ2v) is 6.55. The fourth-order valence-electron chi connectivity index (χ4n) is 1.85. The molecule has 0 spiro atoms. The number of unbranched alkanes of at least 4 members (excludes halogenated alkanes) is 2. The Labute approximate surface area is 137 Å². The van der Waals surface area contributed by atoms with Crippen LogP contribution in [0.3, 0.4) is 0 Å². The lowest BCUT2D eigenvalue weighted by atomic mass is 10.1. The Hall–Kier alpha value is -1.86. The highest BCUT2D eigenvalue weighted by Crippen LogP contribution is 2.25. The van der Waals surface area contributed by atoms with Crippen molar-refractivity contribution in [2.45, 2.75) is 19.3 Å². The Kier molecular flexibility index (Phi) is 7.77. The minimum absolute atomic E-state index is 0.175. The predicted octanol–water partition coefficient (Wildman–Crippen LogP) is 2.40. The second-order valence-electron chi connectivity index (χ2n) is 4.90. The summed E-state index contributed by atoms with van der Waals surface area (Å²) >= 11 is 0. The summed E-state index contributed by atoms with van der Waals surface area (Å²) < 4.78 is 36.6. The number of carbonyl (C=O) groups is 1. The highest BCUT2D eigenvalue weighted by molar-refractivity contribution is 7.85. The predicted molar refractivity (Wildman–Crippen MR) is 87.6 cm³/mol. The van der Waals surface area contributed by atoms with Crippen LogP contribution in [0.2, 0.25) is 0 Å². The molecule has 0 atom stereocenters. The fraction of sp³-hybridized carbons (Fsp3) is 0.438. The molecule has 1 aromatic rings. The molecule has 0 aromatic heterocycles. The lowest BCUT2D eigenvalue weighted by Gasteiger charge is -2.12. The van der Waals surface area contributed by atoms with E-state index in [1.807, 2.05) is 6.07 Å². The van der Waals surface area contributed by atoms with Crippen molar-refractivity contribution in [2.24, 2.45) is 0 Å². The van der Waals surface area contributed by atoms with Crippen molar-refractivity contribution in [3.05, 3.63) is 36.4 Å². The van der Waals surface area contributed by atoms with Crippen LogP contribution < -0.4 is 4.74 Å². The summed E-state index contributed by atoms with van der Waals surface area (Å²) in [6, 6.07) is 7.10. The Morgan fingerprint density at radius 2 is 1.78 bits per heavy atom. The molecule has 0 saturated heterocycles. The van der Waals surface area contributed by atoms with Crippen LogP contribution in [0.25, 0.3) is 5.57 Å². The molecule has 0 unspecified atom stereocenters. The molecule has 0 aliphatic carbocycles. The monoisotopic (exact) mass is 342 g/mol. The second kappa shape index (κ2) is 9.32. The van der Waals surface area contributed by atoms with Gasteiger partial charge in [0.2, 0.25) is 0 Å². The van der Waals surface area contributed by atoms with E-state index in [4.69, 9.17) is 4.74 Å². The number of para-hydroxylation sites is 1. The quantitative estimate of drug-likeness (QED) is 0.281. The van der Waals surface area contributed by atoms with Gasteiger partial charge in [-0.15, -0.1) is 0 Å². The van der Waals surface area contributed by atoms with E-state index in [9.17, 15) is 13.2 Å². The van der Waals surface area contributed by atoms with Crippen LogP contribution >= 0.6 is 0 Å². The van der Waals surface area contributed by atoms with Crippen molar-refractivity contribution >= 4 is 21.7 Å². The van der Waals surface area contributed by atoms with Gasteiger partial charge in [0.25, 0.3) is 10.1 Å². The van der Waals surface area contributed by atoms with Crippen LogP contribution in [0.4, 0.5) is 0 Å². The highest BCUT2D eigenvalue weighted by atomic mass is 32.2. The van der Waals surface area contributed by atoms with Crippen LogP contribution in [0.1, 0.15) is 24.8 Å². The van der Waals surface area contributed by atoms with Crippen LogP contribution in [-0.2, 0) is 23.8 Å². The fourth-order valence-corrected chi connectivity index (χ4v) is 2.27. The Morgan fingerprint density at radius 1 is 1.13 bits per heavy atom. The number of carbonyl (C=O) groups excluding carboxylic acids is 1. The van der Waals surface area contributed by atoms with E-state index < -0.39 is 16.1 Å². The zero-order valence-electron chi connectivity index (χ0n) is 13.4. The lowest BCUT2D eigenvalue weighted by molar-refractivity contribution is -0.133. The average molecular weight is 342 g/mol. The van der Waals surface area contributed by atoms with Gasteiger partial charge in [-0.25, -0.2) is 4.79 Å². The maximum atomic E-state index is 11.6. The molecule has 0 radical (unpaired) electrons. The van der Waals surface area contributed by atoms with Gasteiger partial charge in [-0.2, -0.15) is 8.42 Å². The number of rotatable bonds is 10. The molecule has 23 heavy (non-hydrogen) atoms. The number of ether oxygens (including phenoxy) is 2. The maximum absolute atomic E-state index is 11.6. The molecule has 0 N–H and O–H groups in total. The summed E-state index contributed by atoms with van der Waals surface area (Å²) in [5.74, 6) is 0.0641. The lowest BCUT2D eigenvalue weighted by Crippen LogP contribution is -2.06. The van der Waals surface area contributed by atoms with E-state index in [1.165, 1.54) is 7.11 Å². The first-order chi connectivity index (χ1) is 10.8. The molecular formula is C16H22O6S. The van der Waals surface area contributed by atoms with E-state index in [-0.39, 0.29) is 12.2 Å². The normalized spacial score (nSPS) is 11.0. The molecule has 0 saturated carbocycles. The van der Waals surface area contributed by atoms with Gasteiger partial charge in [-0.05, 0) is 25.3 Å². The SMILES string of the molecule is C=C(C(=O)OC)c1ccccc1OCCCCCOS(C)(=O)=O. The molecule has 6 nitrogen and oxygen atoms in total. The Bertz CT molecular complexity index is 636. The smallest absolute Gasteiger partial charge is 0.337 e. The van der Waals surface area contributed by atoms with E-state index in [2.05, 4.69) is 15.5 Å². The summed E-state index contributed by atoms with van der Waals surface area (Å²) in [6.07, 6.45) is 3.18. The van der Waals surface area contributed by atoms with Crippen molar-refractivity contribution in [1.82, 2.24) is 0 Å². The third-order valence-electron chi connectivity index (χ3n) is 2.99. The van der Waals surface area contributed by atoms with E-state index >= 15 is 0 Å². The van der Waals surface area contributed by atoms with Gasteiger partial charge in [0, 0.05) is 5.56 Å². The number of methoxy groups -OCH3 is 1. The summed E-state index contributed by atoms with van der Waals surface area (Å²) in [6.45, 7) is 4.34. The standard InChI is InChI=1S/C16H22O6S/c1-13(16(17)20-2)14-9-5-6-10-15(14)21-11-7-4-8-12-22-23(3,18)19/h5-6,9-10H,1,4,7-8,11-12H2,2-3H3. The minimum atomic E-state index is -3.37. The van der Waals surface area contributed by atoms with Gasteiger partial charge in [0.05, 0.1) is 32.2 Å². The number of esters is 1. The molecule has 0 aliphatic heterocycles. The number of hydrogen-bond donors (Lipinski definition) is 0. The van der Waals surface area contributed by atoms with Crippen LogP contribution in [-0.4, -0.2) is 41.0 Å². The molecule has 7 heteroatoms. The van der Waals surface area contributed by atoms with E-state index in [1.54, 1.807) is 18.2 Å². The maximum Gasteiger partial charge on any atom is 0.337 e. The summed E-state index contributed by atoms with van der Waals surface area (Å²) in [5, 5.41) is 0. The van der Waals surface area contributed by atoms with Gasteiger partial charge >= 0.3 is 5.97 Å². The van der Waals surface area contributed by atoms with Gasteiger partial charge in [0.15, 0.2) is 0 Å². The third-order valence-corrected chi connectivity index (χ3v) is 3.58. The summed E-state index contributed by atoms with van der Waals surface area (Å²) in [7, 11) is -2.07. The van der Waals surface area contributed by atoms with Crippen LogP contribution in [0.15, 0.2) is 30.8 Å². The Morgan fingerprint density at radius 3 is 2.43 bits per heavy atom. The zero-order valence-corrected chi connectivity index (χ0v) is 14.2. The minimum Gasteiger partial charge on any atom is -0.493 e. The molecule has 1 rings (SSSR count). The molecular weight excluding hydrogens is 320 g/mol. The highest BCUT2D eigenvalue weighted by Gasteiger charge is 2.14. The largest absolute Gasteiger partial charge is 0.493 e. The number of benzene rings is 1. The average Bonchev–Trinajstić information content (AvgIpc) is 2.51. The first-order valence-corrected chi connectivity index (χ1v) is 9.00. The third kappa shape index (κ3) is 7.30. The van der Waals surface area contributed by atoms with E-state index in [0.29, 0.717) is 24.3 Å². The molecule has 0 amide bonds. The van der Waals surface area contributed by atoms with Gasteiger partial charge < -0.3 is 9.47 Å². The topological polar surface area (TPSA) is 78.9 Å².